The summed E-state index contributed by atoms with van der Waals surface area (Å²) in [5, 5.41) is 14.8. The van der Waals surface area contributed by atoms with Crippen LogP contribution < -0.4 is 10.6 Å². The standard InChI is InChI=1S/C20H29N5O/c1-13(2)16-5-7-17(8-6-16)14(3)22-20(26)19-15(4)25(24-23-19)18-9-11-21-12-10-18/h5-8,13-14,18,21H,9-12H2,1-4H3,(H,22,26). The Morgan fingerprint density at radius 2 is 1.77 bits per heavy atom. The summed E-state index contributed by atoms with van der Waals surface area (Å²) in [5.74, 6) is 0.338. The average Bonchev–Trinajstić information content (AvgIpc) is 3.04. The van der Waals surface area contributed by atoms with Gasteiger partial charge >= 0.3 is 0 Å². The molecule has 2 heterocycles. The molecule has 1 aromatic heterocycles. The van der Waals surface area contributed by atoms with Crippen LogP contribution in [0.5, 0.6) is 0 Å². The minimum Gasteiger partial charge on any atom is -0.344 e. The quantitative estimate of drug-likeness (QED) is 0.864. The molecule has 0 bridgehead atoms. The van der Waals surface area contributed by atoms with Crippen LogP contribution in [0.1, 0.15) is 78.9 Å². The van der Waals surface area contributed by atoms with Gasteiger partial charge in [-0.05, 0) is 56.8 Å². The number of carbonyl (C=O) groups excluding carboxylic acids is 1. The molecule has 6 heteroatoms. The molecular weight excluding hydrogens is 326 g/mol. The highest BCUT2D eigenvalue weighted by Gasteiger charge is 2.23. The lowest BCUT2D eigenvalue weighted by Crippen LogP contribution is -2.31. The molecular formula is C20H29N5O. The van der Waals surface area contributed by atoms with Crippen molar-refractivity contribution in [2.45, 2.75) is 58.5 Å². The van der Waals surface area contributed by atoms with Gasteiger partial charge in [-0.25, -0.2) is 4.68 Å². The maximum Gasteiger partial charge on any atom is 0.274 e. The van der Waals surface area contributed by atoms with Gasteiger partial charge in [-0.15, -0.1) is 5.10 Å². The van der Waals surface area contributed by atoms with Gasteiger partial charge in [-0.3, -0.25) is 4.79 Å². The van der Waals surface area contributed by atoms with Crippen LogP contribution >= 0.6 is 0 Å². The van der Waals surface area contributed by atoms with Crippen LogP contribution in [0.4, 0.5) is 0 Å². The Labute approximate surface area is 155 Å². The maximum atomic E-state index is 12.7. The summed E-state index contributed by atoms with van der Waals surface area (Å²) >= 11 is 0. The van der Waals surface area contributed by atoms with E-state index in [-0.39, 0.29) is 11.9 Å². The second kappa shape index (κ2) is 7.99. The summed E-state index contributed by atoms with van der Waals surface area (Å²) < 4.78 is 1.91. The maximum absolute atomic E-state index is 12.7. The molecule has 1 fully saturated rings. The smallest absolute Gasteiger partial charge is 0.274 e. The van der Waals surface area contributed by atoms with Crippen molar-refractivity contribution in [1.29, 1.82) is 0 Å². The minimum absolute atomic E-state index is 0.0767. The Bertz CT molecular complexity index is 744. The number of amides is 1. The lowest BCUT2D eigenvalue weighted by atomic mass is 9.99. The number of aromatic nitrogens is 3. The molecule has 2 N–H and O–H groups in total. The Morgan fingerprint density at radius 3 is 2.38 bits per heavy atom. The van der Waals surface area contributed by atoms with E-state index in [9.17, 15) is 4.79 Å². The molecule has 1 unspecified atom stereocenters. The highest BCUT2D eigenvalue weighted by atomic mass is 16.2. The summed E-state index contributed by atoms with van der Waals surface area (Å²) in [6.45, 7) is 10.2. The zero-order chi connectivity index (χ0) is 18.7. The normalized spacial score (nSPS) is 16.7. The number of rotatable bonds is 5. The van der Waals surface area contributed by atoms with Gasteiger partial charge < -0.3 is 10.6 Å². The Balaban J connectivity index is 1.68. The van der Waals surface area contributed by atoms with Gasteiger partial charge in [0.1, 0.15) is 0 Å². The molecule has 1 saturated heterocycles. The third kappa shape index (κ3) is 3.96. The molecule has 0 spiro atoms. The van der Waals surface area contributed by atoms with E-state index in [1.165, 1.54) is 5.56 Å². The van der Waals surface area contributed by atoms with Crippen molar-refractivity contribution in [3.63, 3.8) is 0 Å². The Morgan fingerprint density at radius 1 is 1.15 bits per heavy atom. The Kier molecular flexibility index (Phi) is 5.71. The average molecular weight is 355 g/mol. The van der Waals surface area contributed by atoms with Crippen LogP contribution in [0.2, 0.25) is 0 Å². The van der Waals surface area contributed by atoms with Crippen LogP contribution in [0, 0.1) is 6.92 Å². The van der Waals surface area contributed by atoms with Crippen molar-refractivity contribution < 1.29 is 4.79 Å². The molecule has 2 aromatic rings. The number of carbonyl (C=O) groups is 1. The largest absolute Gasteiger partial charge is 0.344 e. The fraction of sp³-hybridized carbons (Fsp3) is 0.550. The summed E-state index contributed by atoms with van der Waals surface area (Å²) in [4.78, 5) is 12.7. The fourth-order valence-electron chi connectivity index (χ4n) is 3.47. The van der Waals surface area contributed by atoms with Crippen LogP contribution in [0.3, 0.4) is 0 Å². The Hall–Kier alpha value is -2.21. The number of hydrogen-bond donors (Lipinski definition) is 2. The number of hydrogen-bond acceptors (Lipinski definition) is 4. The van der Waals surface area contributed by atoms with Gasteiger partial charge in [0.15, 0.2) is 5.69 Å². The monoisotopic (exact) mass is 355 g/mol. The number of benzene rings is 1. The molecule has 26 heavy (non-hydrogen) atoms. The van der Waals surface area contributed by atoms with E-state index in [1.54, 1.807) is 0 Å². The van der Waals surface area contributed by atoms with Crippen molar-refractivity contribution in [1.82, 2.24) is 25.6 Å². The zero-order valence-corrected chi connectivity index (χ0v) is 16.1. The molecule has 0 radical (unpaired) electrons. The van der Waals surface area contributed by atoms with E-state index in [4.69, 9.17) is 0 Å². The highest BCUT2D eigenvalue weighted by Crippen LogP contribution is 2.22. The van der Waals surface area contributed by atoms with Gasteiger partial charge in [-0.1, -0.05) is 43.3 Å². The number of piperidine rings is 1. The van der Waals surface area contributed by atoms with Crippen LogP contribution in [-0.4, -0.2) is 34.0 Å². The fourth-order valence-corrected chi connectivity index (χ4v) is 3.47. The van der Waals surface area contributed by atoms with Gasteiger partial charge in [0, 0.05) is 0 Å². The zero-order valence-electron chi connectivity index (χ0n) is 16.1. The van der Waals surface area contributed by atoms with Crippen LogP contribution in [0.15, 0.2) is 24.3 Å². The third-order valence-electron chi connectivity index (χ3n) is 5.25. The van der Waals surface area contributed by atoms with Crippen molar-refractivity contribution in [2.75, 3.05) is 13.1 Å². The predicted molar refractivity (Wildman–Crippen MR) is 102 cm³/mol. The van der Waals surface area contributed by atoms with E-state index in [2.05, 4.69) is 59.1 Å². The molecule has 0 aliphatic carbocycles. The SMILES string of the molecule is Cc1c(C(=O)NC(C)c2ccc(C(C)C)cc2)nnn1C1CCNCC1. The molecule has 1 amide bonds. The first-order valence-electron chi connectivity index (χ1n) is 9.50. The second-order valence-corrected chi connectivity index (χ2v) is 7.47. The lowest BCUT2D eigenvalue weighted by molar-refractivity contribution is 0.0934. The second-order valence-electron chi connectivity index (χ2n) is 7.47. The lowest BCUT2D eigenvalue weighted by Gasteiger charge is -2.23. The van der Waals surface area contributed by atoms with E-state index >= 15 is 0 Å². The van der Waals surface area contributed by atoms with Gasteiger partial charge in [0.25, 0.3) is 5.91 Å². The first-order valence-corrected chi connectivity index (χ1v) is 9.50. The summed E-state index contributed by atoms with van der Waals surface area (Å²) in [7, 11) is 0. The van der Waals surface area contributed by atoms with Crippen molar-refractivity contribution in [3.8, 4) is 0 Å². The molecule has 140 valence electrons. The topological polar surface area (TPSA) is 71.8 Å². The summed E-state index contributed by atoms with van der Waals surface area (Å²) in [6.07, 6.45) is 2.04. The summed E-state index contributed by atoms with van der Waals surface area (Å²) in [5.41, 5.74) is 3.66. The third-order valence-corrected chi connectivity index (χ3v) is 5.25. The van der Waals surface area contributed by atoms with E-state index in [1.807, 2.05) is 18.5 Å². The molecule has 0 saturated carbocycles. The molecule has 1 aliphatic rings. The van der Waals surface area contributed by atoms with Gasteiger partial charge in [0.2, 0.25) is 0 Å². The summed E-state index contributed by atoms with van der Waals surface area (Å²) in [6, 6.07) is 8.67. The first-order chi connectivity index (χ1) is 12.5. The minimum atomic E-state index is -0.164. The van der Waals surface area contributed by atoms with E-state index in [0.717, 1.165) is 37.2 Å². The van der Waals surface area contributed by atoms with E-state index < -0.39 is 0 Å². The molecule has 1 atom stereocenters. The molecule has 1 aliphatic heterocycles. The van der Waals surface area contributed by atoms with Crippen molar-refractivity contribution >= 4 is 5.91 Å². The molecule has 1 aromatic carbocycles. The molecule has 3 rings (SSSR count). The highest BCUT2D eigenvalue weighted by molar-refractivity contribution is 5.93. The van der Waals surface area contributed by atoms with Crippen molar-refractivity contribution in [3.05, 3.63) is 46.8 Å². The van der Waals surface area contributed by atoms with Crippen molar-refractivity contribution in [2.24, 2.45) is 0 Å². The van der Waals surface area contributed by atoms with E-state index in [0.29, 0.717) is 17.7 Å². The van der Waals surface area contributed by atoms with Crippen LogP contribution in [-0.2, 0) is 0 Å². The first kappa shape index (κ1) is 18.6. The number of nitrogens with zero attached hydrogens (tertiary/aromatic N) is 3. The van der Waals surface area contributed by atoms with Gasteiger partial charge in [0.05, 0.1) is 17.8 Å². The van der Waals surface area contributed by atoms with Gasteiger partial charge in [-0.2, -0.15) is 0 Å². The number of nitrogens with one attached hydrogen (secondary N) is 2. The molecule has 6 nitrogen and oxygen atoms in total. The predicted octanol–water partition coefficient (Wildman–Crippen LogP) is 3.13. The van der Waals surface area contributed by atoms with Crippen LogP contribution in [0.25, 0.3) is 0 Å².